The van der Waals surface area contributed by atoms with E-state index < -0.39 is 0 Å². The van der Waals surface area contributed by atoms with E-state index in [1.165, 1.54) is 44.1 Å². The van der Waals surface area contributed by atoms with Crippen molar-refractivity contribution < 1.29 is 4.74 Å². The predicted octanol–water partition coefficient (Wildman–Crippen LogP) is 2.43. The molecule has 1 aromatic rings. The van der Waals surface area contributed by atoms with Gasteiger partial charge in [0.25, 0.3) is 0 Å². The number of anilines is 1. The summed E-state index contributed by atoms with van der Waals surface area (Å²) in [4.78, 5) is 0. The van der Waals surface area contributed by atoms with Gasteiger partial charge in [-0.15, -0.1) is 0 Å². The van der Waals surface area contributed by atoms with Gasteiger partial charge in [-0.1, -0.05) is 25.7 Å². The molecule has 1 aliphatic carbocycles. The maximum Gasteiger partial charge on any atom is 0.125 e. The van der Waals surface area contributed by atoms with Crippen molar-refractivity contribution in [1.29, 1.82) is 0 Å². The molecular formula is C13H21N3O. The molecule has 4 nitrogen and oxygen atoms in total. The summed E-state index contributed by atoms with van der Waals surface area (Å²) < 4.78 is 7.53. The number of nitrogens with two attached hydrogens (primary N) is 1. The summed E-state index contributed by atoms with van der Waals surface area (Å²) in [6.45, 7) is 1.42. The van der Waals surface area contributed by atoms with Gasteiger partial charge in [0.15, 0.2) is 0 Å². The summed E-state index contributed by atoms with van der Waals surface area (Å²) in [6.07, 6.45) is 8.72. The Kier molecular flexibility index (Phi) is 3.05. The maximum absolute atomic E-state index is 6.25. The first-order chi connectivity index (χ1) is 8.36. The van der Waals surface area contributed by atoms with Crippen molar-refractivity contribution in [2.24, 2.45) is 0 Å². The molecule has 0 spiro atoms. The third kappa shape index (κ3) is 2.06. The van der Waals surface area contributed by atoms with Crippen molar-refractivity contribution in [3.05, 3.63) is 11.3 Å². The second-order valence-corrected chi connectivity index (χ2v) is 5.20. The third-order valence-electron chi connectivity index (χ3n) is 4.04. The Morgan fingerprint density at radius 3 is 2.65 bits per heavy atom. The van der Waals surface area contributed by atoms with Gasteiger partial charge in [0.2, 0.25) is 0 Å². The average Bonchev–Trinajstić information content (AvgIpc) is 2.57. The van der Waals surface area contributed by atoms with Gasteiger partial charge in [-0.3, -0.25) is 0 Å². The zero-order valence-corrected chi connectivity index (χ0v) is 10.3. The lowest BCUT2D eigenvalue weighted by Crippen LogP contribution is -2.13. The van der Waals surface area contributed by atoms with Gasteiger partial charge in [0.05, 0.1) is 24.9 Å². The van der Waals surface area contributed by atoms with Crippen LogP contribution in [0, 0.1) is 0 Å². The standard InChI is InChI=1S/C13H21N3O/c14-13-11-7-8-17-9-12(11)15-16(13)10-5-3-1-2-4-6-10/h10H,1-9,14H2. The number of hydrogen-bond donors (Lipinski definition) is 1. The Labute approximate surface area is 102 Å². The van der Waals surface area contributed by atoms with Crippen LogP contribution in [0.5, 0.6) is 0 Å². The SMILES string of the molecule is Nc1c2c(nn1C1CCCCCC1)COCC2. The molecule has 1 aliphatic heterocycles. The first-order valence-electron chi connectivity index (χ1n) is 6.80. The van der Waals surface area contributed by atoms with Gasteiger partial charge in [-0.05, 0) is 12.8 Å². The minimum absolute atomic E-state index is 0.517. The Morgan fingerprint density at radius 1 is 1.18 bits per heavy atom. The zero-order chi connectivity index (χ0) is 11.7. The topological polar surface area (TPSA) is 53.1 Å². The summed E-state index contributed by atoms with van der Waals surface area (Å²) in [5.74, 6) is 0.898. The molecule has 1 aromatic heterocycles. The van der Waals surface area contributed by atoms with Crippen molar-refractivity contribution in [2.45, 2.75) is 57.6 Å². The van der Waals surface area contributed by atoms with E-state index in [0.29, 0.717) is 12.6 Å². The van der Waals surface area contributed by atoms with E-state index in [9.17, 15) is 0 Å². The van der Waals surface area contributed by atoms with E-state index in [1.54, 1.807) is 0 Å². The molecule has 0 radical (unpaired) electrons. The van der Waals surface area contributed by atoms with Gasteiger partial charge in [0.1, 0.15) is 5.82 Å². The quantitative estimate of drug-likeness (QED) is 0.761. The summed E-state index contributed by atoms with van der Waals surface area (Å²) in [7, 11) is 0. The molecule has 3 rings (SSSR count). The molecule has 0 atom stereocenters. The predicted molar refractivity (Wildman–Crippen MR) is 66.7 cm³/mol. The second kappa shape index (κ2) is 4.69. The Balaban J connectivity index is 1.88. The lowest BCUT2D eigenvalue weighted by atomic mass is 10.1. The number of nitrogens with zero attached hydrogens (tertiary/aromatic N) is 2. The highest BCUT2D eigenvalue weighted by Crippen LogP contribution is 2.32. The van der Waals surface area contributed by atoms with Crippen LogP contribution in [0.4, 0.5) is 5.82 Å². The number of ether oxygens (including phenoxy) is 1. The highest BCUT2D eigenvalue weighted by atomic mass is 16.5. The fraction of sp³-hybridized carbons (Fsp3) is 0.769. The lowest BCUT2D eigenvalue weighted by molar-refractivity contribution is 0.108. The van der Waals surface area contributed by atoms with Crippen LogP contribution in [-0.2, 0) is 17.8 Å². The van der Waals surface area contributed by atoms with Gasteiger partial charge in [0, 0.05) is 12.0 Å². The van der Waals surface area contributed by atoms with Crippen LogP contribution in [0.3, 0.4) is 0 Å². The van der Waals surface area contributed by atoms with E-state index in [2.05, 4.69) is 9.78 Å². The van der Waals surface area contributed by atoms with Crippen LogP contribution in [-0.4, -0.2) is 16.4 Å². The first kappa shape index (κ1) is 11.1. The minimum atomic E-state index is 0.517. The van der Waals surface area contributed by atoms with Crippen molar-refractivity contribution >= 4 is 5.82 Å². The molecule has 0 bridgehead atoms. The smallest absolute Gasteiger partial charge is 0.125 e. The molecule has 1 fully saturated rings. The fourth-order valence-corrected chi connectivity index (χ4v) is 3.04. The van der Waals surface area contributed by atoms with Crippen LogP contribution < -0.4 is 5.73 Å². The summed E-state index contributed by atoms with van der Waals surface area (Å²) in [5.41, 5.74) is 8.56. The fourth-order valence-electron chi connectivity index (χ4n) is 3.04. The van der Waals surface area contributed by atoms with Gasteiger partial charge >= 0.3 is 0 Å². The molecule has 4 heteroatoms. The van der Waals surface area contributed by atoms with Crippen LogP contribution in [0.2, 0.25) is 0 Å². The van der Waals surface area contributed by atoms with E-state index in [1.807, 2.05) is 0 Å². The molecular weight excluding hydrogens is 214 g/mol. The molecule has 2 aliphatic rings. The molecule has 1 saturated carbocycles. The molecule has 0 aromatic carbocycles. The van der Waals surface area contributed by atoms with Crippen molar-refractivity contribution in [1.82, 2.24) is 9.78 Å². The largest absolute Gasteiger partial charge is 0.384 e. The van der Waals surface area contributed by atoms with Gasteiger partial charge < -0.3 is 10.5 Å². The summed E-state index contributed by atoms with van der Waals surface area (Å²) in [6, 6.07) is 0.517. The van der Waals surface area contributed by atoms with Gasteiger partial charge in [-0.2, -0.15) is 5.10 Å². The number of fused-ring (bicyclic) bond motifs is 1. The van der Waals surface area contributed by atoms with Gasteiger partial charge in [-0.25, -0.2) is 4.68 Å². The average molecular weight is 235 g/mol. The Morgan fingerprint density at radius 2 is 1.94 bits per heavy atom. The van der Waals surface area contributed by atoms with E-state index in [4.69, 9.17) is 10.5 Å². The normalized spacial score (nSPS) is 22.1. The molecule has 17 heavy (non-hydrogen) atoms. The maximum atomic E-state index is 6.25. The molecule has 94 valence electrons. The zero-order valence-electron chi connectivity index (χ0n) is 10.3. The highest BCUT2D eigenvalue weighted by molar-refractivity contribution is 5.44. The number of nitrogen functional groups attached to an aromatic ring is 1. The summed E-state index contributed by atoms with van der Waals surface area (Å²) >= 11 is 0. The minimum Gasteiger partial charge on any atom is -0.384 e. The third-order valence-corrected chi connectivity index (χ3v) is 4.04. The highest BCUT2D eigenvalue weighted by Gasteiger charge is 2.23. The molecule has 2 heterocycles. The molecule has 0 amide bonds. The van der Waals surface area contributed by atoms with Crippen LogP contribution in [0.1, 0.15) is 55.8 Å². The number of rotatable bonds is 1. The number of aromatic nitrogens is 2. The van der Waals surface area contributed by atoms with E-state index >= 15 is 0 Å². The summed E-state index contributed by atoms with van der Waals surface area (Å²) in [5, 5.41) is 4.68. The van der Waals surface area contributed by atoms with E-state index in [-0.39, 0.29) is 0 Å². The Bertz CT molecular complexity index is 392. The monoisotopic (exact) mass is 235 g/mol. The Hall–Kier alpha value is -1.03. The number of hydrogen-bond acceptors (Lipinski definition) is 3. The van der Waals surface area contributed by atoms with Crippen molar-refractivity contribution in [3.8, 4) is 0 Å². The first-order valence-corrected chi connectivity index (χ1v) is 6.80. The molecule has 0 saturated heterocycles. The van der Waals surface area contributed by atoms with E-state index in [0.717, 1.165) is 24.5 Å². The van der Waals surface area contributed by atoms with Crippen LogP contribution >= 0.6 is 0 Å². The van der Waals surface area contributed by atoms with Crippen molar-refractivity contribution in [3.63, 3.8) is 0 Å². The second-order valence-electron chi connectivity index (χ2n) is 5.20. The van der Waals surface area contributed by atoms with Crippen LogP contribution in [0.15, 0.2) is 0 Å². The molecule has 2 N–H and O–H groups in total. The van der Waals surface area contributed by atoms with Crippen LogP contribution in [0.25, 0.3) is 0 Å². The molecule has 0 unspecified atom stereocenters. The lowest BCUT2D eigenvalue weighted by Gasteiger charge is -2.16. The van der Waals surface area contributed by atoms with Crippen molar-refractivity contribution in [2.75, 3.05) is 12.3 Å².